The van der Waals surface area contributed by atoms with E-state index in [2.05, 4.69) is 29.2 Å². The van der Waals surface area contributed by atoms with E-state index in [1.54, 1.807) is 13.2 Å². The molecular formula is C26H23ClN2O5. The fraction of sp³-hybridized carbons (Fsp3) is 0.192. The van der Waals surface area contributed by atoms with Gasteiger partial charge >= 0.3 is 5.97 Å². The number of aromatic nitrogens is 2. The summed E-state index contributed by atoms with van der Waals surface area (Å²) in [5, 5.41) is 4.30. The molecule has 4 aromatic rings. The quantitative estimate of drug-likeness (QED) is 0.302. The molecule has 0 saturated carbocycles. The molecule has 0 fully saturated rings. The van der Waals surface area contributed by atoms with Crippen molar-refractivity contribution in [2.45, 2.75) is 13.5 Å². The lowest BCUT2D eigenvalue weighted by molar-refractivity contribution is 0.0600. The second kappa shape index (κ2) is 10.1. The molecule has 0 aliphatic heterocycles. The molecule has 0 N–H and O–H groups in total. The third kappa shape index (κ3) is 4.53. The van der Waals surface area contributed by atoms with Crippen molar-refractivity contribution in [1.29, 1.82) is 0 Å². The number of carbonyl (C=O) groups excluding carboxylic acids is 1. The van der Waals surface area contributed by atoms with Crippen LogP contribution in [-0.2, 0) is 16.1 Å². The minimum absolute atomic E-state index is 0.185. The maximum atomic E-state index is 12.0. The number of hydrogen-bond donors (Lipinski definition) is 0. The summed E-state index contributed by atoms with van der Waals surface area (Å²) in [6, 6.07) is 17.2. The van der Waals surface area contributed by atoms with Crippen LogP contribution in [0.2, 0.25) is 5.02 Å². The zero-order valence-corrected chi connectivity index (χ0v) is 20.0. The van der Waals surface area contributed by atoms with Gasteiger partial charge in [-0.2, -0.15) is 4.98 Å². The Labute approximate surface area is 202 Å². The summed E-state index contributed by atoms with van der Waals surface area (Å²) in [4.78, 5) is 16.5. The van der Waals surface area contributed by atoms with Gasteiger partial charge in [-0.25, -0.2) is 4.79 Å². The molecule has 0 bridgehead atoms. The van der Waals surface area contributed by atoms with Gasteiger partial charge in [-0.1, -0.05) is 47.1 Å². The van der Waals surface area contributed by atoms with Crippen molar-refractivity contribution in [1.82, 2.24) is 10.1 Å². The Kier molecular flexibility index (Phi) is 6.95. The standard InChI is InChI=1S/C26H23ClN2O5/c1-15-7-5-6-8-18(15)19-10-9-16(11-17(19)14-31-2)25-28-24(29-34-25)21-12-22(27)20(26(30)33-4)13-23(21)32-3/h5-13H,14H2,1-4H3. The predicted octanol–water partition coefficient (Wildman–Crippen LogP) is 5.97. The van der Waals surface area contributed by atoms with Gasteiger partial charge in [0, 0.05) is 12.7 Å². The summed E-state index contributed by atoms with van der Waals surface area (Å²) >= 11 is 6.29. The molecule has 0 aliphatic carbocycles. The molecule has 7 nitrogen and oxygen atoms in total. The number of carbonyl (C=O) groups is 1. The van der Waals surface area contributed by atoms with Gasteiger partial charge in [-0.05, 0) is 53.4 Å². The molecule has 34 heavy (non-hydrogen) atoms. The number of rotatable bonds is 7. The molecule has 0 radical (unpaired) electrons. The zero-order chi connectivity index (χ0) is 24.2. The lowest BCUT2D eigenvalue weighted by Gasteiger charge is -2.12. The molecule has 0 atom stereocenters. The Morgan fingerprint density at radius 2 is 1.79 bits per heavy atom. The van der Waals surface area contributed by atoms with Crippen molar-refractivity contribution in [2.75, 3.05) is 21.3 Å². The average Bonchev–Trinajstić information content (AvgIpc) is 3.34. The maximum Gasteiger partial charge on any atom is 0.339 e. The topological polar surface area (TPSA) is 83.7 Å². The van der Waals surface area contributed by atoms with E-state index < -0.39 is 5.97 Å². The van der Waals surface area contributed by atoms with Crippen molar-refractivity contribution in [3.8, 4) is 39.7 Å². The second-order valence-electron chi connectivity index (χ2n) is 7.57. The van der Waals surface area contributed by atoms with Gasteiger partial charge in [0.25, 0.3) is 5.89 Å². The molecule has 0 unspecified atom stereocenters. The van der Waals surface area contributed by atoms with Gasteiger partial charge in [0.15, 0.2) is 0 Å². The average molecular weight is 479 g/mol. The highest BCUT2D eigenvalue weighted by Gasteiger charge is 2.21. The molecule has 174 valence electrons. The number of benzene rings is 3. The van der Waals surface area contributed by atoms with Gasteiger partial charge in [-0.3, -0.25) is 0 Å². The molecule has 0 aliphatic rings. The fourth-order valence-corrected chi connectivity index (χ4v) is 3.99. The number of nitrogens with zero attached hydrogens (tertiary/aromatic N) is 2. The van der Waals surface area contributed by atoms with Crippen molar-refractivity contribution in [3.63, 3.8) is 0 Å². The smallest absolute Gasteiger partial charge is 0.339 e. The van der Waals surface area contributed by atoms with Crippen molar-refractivity contribution >= 4 is 17.6 Å². The Balaban J connectivity index is 1.74. The van der Waals surface area contributed by atoms with E-state index in [1.165, 1.54) is 25.8 Å². The van der Waals surface area contributed by atoms with E-state index in [4.69, 9.17) is 30.3 Å². The van der Waals surface area contributed by atoms with Gasteiger partial charge in [0.05, 0.1) is 37.0 Å². The number of hydrogen-bond acceptors (Lipinski definition) is 7. The SMILES string of the molecule is COCc1cc(-c2nc(-c3cc(Cl)c(C(=O)OC)cc3OC)no2)ccc1-c1ccccc1C. The third-order valence-electron chi connectivity index (χ3n) is 5.45. The van der Waals surface area contributed by atoms with Crippen LogP contribution < -0.4 is 4.74 Å². The van der Waals surface area contributed by atoms with Gasteiger partial charge in [0.2, 0.25) is 5.82 Å². The first-order chi connectivity index (χ1) is 16.5. The van der Waals surface area contributed by atoms with E-state index in [0.29, 0.717) is 23.8 Å². The van der Waals surface area contributed by atoms with E-state index in [0.717, 1.165) is 22.3 Å². The van der Waals surface area contributed by atoms with Crippen LogP contribution in [0.3, 0.4) is 0 Å². The van der Waals surface area contributed by atoms with Crippen LogP contribution in [0.15, 0.2) is 59.1 Å². The highest BCUT2D eigenvalue weighted by molar-refractivity contribution is 6.34. The van der Waals surface area contributed by atoms with Crippen LogP contribution in [-0.4, -0.2) is 37.4 Å². The first-order valence-corrected chi connectivity index (χ1v) is 10.8. The van der Waals surface area contributed by atoms with Crippen LogP contribution in [0.5, 0.6) is 5.75 Å². The maximum absolute atomic E-state index is 12.0. The monoisotopic (exact) mass is 478 g/mol. The van der Waals surface area contributed by atoms with Crippen LogP contribution >= 0.6 is 11.6 Å². The van der Waals surface area contributed by atoms with Crippen LogP contribution in [0.4, 0.5) is 0 Å². The predicted molar refractivity (Wildman–Crippen MR) is 129 cm³/mol. The van der Waals surface area contributed by atoms with Crippen LogP contribution in [0, 0.1) is 6.92 Å². The first kappa shape index (κ1) is 23.5. The van der Waals surface area contributed by atoms with Gasteiger partial charge in [-0.15, -0.1) is 0 Å². The third-order valence-corrected chi connectivity index (χ3v) is 5.76. The minimum Gasteiger partial charge on any atom is -0.496 e. The largest absolute Gasteiger partial charge is 0.496 e. The summed E-state index contributed by atoms with van der Waals surface area (Å²) in [5.41, 5.74) is 5.81. The minimum atomic E-state index is -0.567. The van der Waals surface area contributed by atoms with Crippen molar-refractivity contribution in [2.24, 2.45) is 0 Å². The van der Waals surface area contributed by atoms with Crippen molar-refractivity contribution in [3.05, 3.63) is 76.3 Å². The molecule has 3 aromatic carbocycles. The lowest BCUT2D eigenvalue weighted by atomic mass is 9.94. The summed E-state index contributed by atoms with van der Waals surface area (Å²) < 4.78 is 21.2. The summed E-state index contributed by atoms with van der Waals surface area (Å²) in [7, 11) is 4.43. The van der Waals surface area contributed by atoms with Crippen molar-refractivity contribution < 1.29 is 23.5 Å². The Bertz CT molecular complexity index is 1350. The zero-order valence-electron chi connectivity index (χ0n) is 19.2. The second-order valence-corrected chi connectivity index (χ2v) is 7.97. The summed E-state index contributed by atoms with van der Waals surface area (Å²) in [6.45, 7) is 2.50. The Morgan fingerprint density at radius 3 is 2.50 bits per heavy atom. The molecule has 0 saturated heterocycles. The van der Waals surface area contributed by atoms with Crippen LogP contribution in [0.1, 0.15) is 21.5 Å². The first-order valence-electron chi connectivity index (χ1n) is 10.4. The number of aryl methyl sites for hydroxylation is 1. The molecule has 1 heterocycles. The fourth-order valence-electron chi connectivity index (χ4n) is 3.75. The molecule has 8 heteroatoms. The lowest BCUT2D eigenvalue weighted by Crippen LogP contribution is -2.03. The van der Waals surface area contributed by atoms with E-state index in [-0.39, 0.29) is 16.4 Å². The molecule has 4 rings (SSSR count). The molecule has 1 aromatic heterocycles. The Morgan fingerprint density at radius 1 is 1.00 bits per heavy atom. The number of halogens is 1. The highest BCUT2D eigenvalue weighted by atomic mass is 35.5. The normalized spacial score (nSPS) is 10.9. The van der Waals surface area contributed by atoms with E-state index in [1.807, 2.05) is 30.3 Å². The van der Waals surface area contributed by atoms with E-state index in [9.17, 15) is 4.79 Å². The number of esters is 1. The molecule has 0 spiro atoms. The Hall–Kier alpha value is -3.68. The molecular weight excluding hydrogens is 456 g/mol. The number of ether oxygens (including phenoxy) is 3. The highest BCUT2D eigenvalue weighted by Crippen LogP contribution is 2.36. The van der Waals surface area contributed by atoms with Gasteiger partial charge < -0.3 is 18.7 Å². The van der Waals surface area contributed by atoms with E-state index >= 15 is 0 Å². The van der Waals surface area contributed by atoms with Gasteiger partial charge in [0.1, 0.15) is 5.75 Å². The number of methoxy groups -OCH3 is 3. The molecule has 0 amide bonds. The summed E-state index contributed by atoms with van der Waals surface area (Å²) in [6.07, 6.45) is 0. The van der Waals surface area contributed by atoms with Crippen LogP contribution in [0.25, 0.3) is 34.0 Å². The summed E-state index contributed by atoms with van der Waals surface area (Å²) in [5.74, 6) is 0.413.